The van der Waals surface area contributed by atoms with Crippen LogP contribution in [0.1, 0.15) is 36.7 Å². The minimum Gasteiger partial charge on any atom is -0.308 e. The highest BCUT2D eigenvalue weighted by molar-refractivity contribution is 5.97. The third-order valence-electron chi connectivity index (χ3n) is 6.38. The highest BCUT2D eigenvalue weighted by Gasteiger charge is 2.22. The summed E-state index contributed by atoms with van der Waals surface area (Å²) in [5.74, 6) is 0.447. The second-order valence-corrected chi connectivity index (χ2v) is 8.93. The number of carbonyl (C=O) groups excluding carboxylic acids is 1. The molecular formula is C25H34N8O. The molecule has 0 radical (unpaired) electrons. The molecule has 1 fully saturated rings. The monoisotopic (exact) mass is 462 g/mol. The van der Waals surface area contributed by atoms with E-state index in [1.54, 1.807) is 12.3 Å². The van der Waals surface area contributed by atoms with Gasteiger partial charge in [0.15, 0.2) is 5.82 Å². The van der Waals surface area contributed by atoms with Crippen molar-refractivity contribution in [3.63, 3.8) is 0 Å². The Hall–Kier alpha value is -3.30. The van der Waals surface area contributed by atoms with E-state index in [1.807, 2.05) is 13.1 Å². The van der Waals surface area contributed by atoms with E-state index < -0.39 is 0 Å². The number of aryl methyl sites for hydroxylation is 2. The van der Waals surface area contributed by atoms with Crippen molar-refractivity contribution in [1.29, 1.82) is 0 Å². The largest absolute Gasteiger partial charge is 0.308 e. The molecule has 3 N–H and O–H groups in total. The fourth-order valence-corrected chi connectivity index (χ4v) is 4.30. The fourth-order valence-electron chi connectivity index (χ4n) is 4.30. The molecule has 1 aliphatic heterocycles. The maximum absolute atomic E-state index is 12.9. The first kappa shape index (κ1) is 23.8. The summed E-state index contributed by atoms with van der Waals surface area (Å²) in [7, 11) is 2.10. The molecule has 0 aliphatic carbocycles. The van der Waals surface area contributed by atoms with Gasteiger partial charge in [0, 0.05) is 49.2 Å². The van der Waals surface area contributed by atoms with E-state index in [0.29, 0.717) is 12.4 Å². The van der Waals surface area contributed by atoms with Gasteiger partial charge in [-0.1, -0.05) is 19.9 Å². The van der Waals surface area contributed by atoms with Crippen molar-refractivity contribution < 1.29 is 4.79 Å². The van der Waals surface area contributed by atoms with Crippen molar-refractivity contribution in [3.05, 3.63) is 42.0 Å². The number of likely N-dealkylation sites (N-methyl/N-ethyl adjacent to an activating group) is 1. The Balaban J connectivity index is 1.64. The van der Waals surface area contributed by atoms with Crippen LogP contribution in [0.3, 0.4) is 0 Å². The molecule has 9 heteroatoms. The number of rotatable bonds is 9. The van der Waals surface area contributed by atoms with Crippen LogP contribution in [0.4, 0.5) is 5.82 Å². The second kappa shape index (κ2) is 10.8. The average Bonchev–Trinajstić information content (AvgIpc) is 3.44. The molecule has 180 valence electrons. The van der Waals surface area contributed by atoms with Gasteiger partial charge in [-0.15, -0.1) is 0 Å². The van der Waals surface area contributed by atoms with Crippen LogP contribution in [0.25, 0.3) is 28.5 Å². The number of hydrogen-bond donors (Lipinski definition) is 3. The smallest absolute Gasteiger partial charge is 0.239 e. The van der Waals surface area contributed by atoms with Gasteiger partial charge in [-0.25, -0.2) is 0 Å². The summed E-state index contributed by atoms with van der Waals surface area (Å²) < 4.78 is 0. The first-order chi connectivity index (χ1) is 16.5. The van der Waals surface area contributed by atoms with Gasteiger partial charge in [0.1, 0.15) is 0 Å². The number of piperazine rings is 1. The van der Waals surface area contributed by atoms with E-state index in [9.17, 15) is 4.79 Å². The van der Waals surface area contributed by atoms with Crippen molar-refractivity contribution in [3.8, 4) is 22.4 Å². The molecule has 0 spiro atoms. The minimum absolute atomic E-state index is 0.0679. The van der Waals surface area contributed by atoms with E-state index in [-0.39, 0.29) is 5.91 Å². The molecule has 34 heavy (non-hydrogen) atoms. The van der Waals surface area contributed by atoms with E-state index >= 15 is 0 Å². The van der Waals surface area contributed by atoms with Crippen molar-refractivity contribution in [1.82, 2.24) is 35.2 Å². The third kappa shape index (κ3) is 5.26. The predicted octanol–water partition coefficient (Wildman–Crippen LogP) is 3.34. The number of aromatic amines is 2. The molecule has 1 aliphatic rings. The third-order valence-corrected chi connectivity index (χ3v) is 6.38. The normalized spacial score (nSPS) is 14.9. The van der Waals surface area contributed by atoms with Gasteiger partial charge in [0.2, 0.25) is 5.91 Å². The summed E-state index contributed by atoms with van der Waals surface area (Å²) >= 11 is 0. The van der Waals surface area contributed by atoms with Crippen LogP contribution in [0.2, 0.25) is 0 Å². The molecule has 1 saturated heterocycles. The van der Waals surface area contributed by atoms with Crippen LogP contribution in [0, 0.1) is 6.92 Å². The molecule has 3 aromatic rings. The number of aromatic nitrogens is 5. The maximum atomic E-state index is 12.9. The number of amides is 1. The molecule has 3 aromatic heterocycles. The van der Waals surface area contributed by atoms with Crippen LogP contribution in [0.15, 0.2) is 25.0 Å². The average molecular weight is 463 g/mol. The van der Waals surface area contributed by atoms with Crippen LogP contribution >= 0.6 is 0 Å². The number of carbonyl (C=O) groups is 1. The lowest BCUT2D eigenvalue weighted by Crippen LogP contribution is -2.47. The van der Waals surface area contributed by atoms with Crippen molar-refractivity contribution in [2.24, 2.45) is 0 Å². The quantitative estimate of drug-likeness (QED) is 0.450. The van der Waals surface area contributed by atoms with Gasteiger partial charge in [0.05, 0.1) is 29.7 Å². The zero-order valence-electron chi connectivity index (χ0n) is 20.3. The Kier molecular flexibility index (Phi) is 7.54. The van der Waals surface area contributed by atoms with E-state index in [1.165, 1.54) is 0 Å². The lowest BCUT2D eigenvalue weighted by atomic mass is 9.95. The Morgan fingerprint density at radius 1 is 1.21 bits per heavy atom. The molecule has 0 atom stereocenters. The lowest BCUT2D eigenvalue weighted by Gasteiger charge is -2.31. The Morgan fingerprint density at radius 3 is 2.68 bits per heavy atom. The molecule has 0 saturated carbocycles. The minimum atomic E-state index is -0.0679. The summed E-state index contributed by atoms with van der Waals surface area (Å²) in [5.41, 5.74) is 6.56. The van der Waals surface area contributed by atoms with Gasteiger partial charge in [-0.2, -0.15) is 10.2 Å². The zero-order valence-corrected chi connectivity index (χ0v) is 20.3. The van der Waals surface area contributed by atoms with Crippen LogP contribution in [-0.4, -0.2) is 80.9 Å². The summed E-state index contributed by atoms with van der Waals surface area (Å²) in [6, 6.07) is 2.12. The topological polar surface area (TPSA) is 106 Å². The Bertz CT molecular complexity index is 1140. The summed E-state index contributed by atoms with van der Waals surface area (Å²) in [6.45, 7) is 12.2. The van der Waals surface area contributed by atoms with Gasteiger partial charge in [0.25, 0.3) is 0 Å². The SMILES string of the molecule is C=Cc1[nH]nc(NC(=O)CN2CCN(C)CC2)c1-c1cnc(-c2cn[nH]c2C)cc1CCCC. The summed E-state index contributed by atoms with van der Waals surface area (Å²) in [5, 5.41) is 17.6. The van der Waals surface area contributed by atoms with Gasteiger partial charge in [-0.05, 0) is 44.5 Å². The number of pyridine rings is 1. The van der Waals surface area contributed by atoms with Crippen molar-refractivity contribution in [2.75, 3.05) is 45.1 Å². The zero-order chi connectivity index (χ0) is 24.1. The molecule has 0 unspecified atom stereocenters. The number of anilines is 1. The Morgan fingerprint density at radius 2 is 2.00 bits per heavy atom. The van der Waals surface area contributed by atoms with Gasteiger partial charge >= 0.3 is 0 Å². The highest BCUT2D eigenvalue weighted by Crippen LogP contribution is 2.35. The van der Waals surface area contributed by atoms with E-state index in [4.69, 9.17) is 4.98 Å². The first-order valence-corrected chi connectivity index (χ1v) is 11.9. The first-order valence-electron chi connectivity index (χ1n) is 11.9. The predicted molar refractivity (Wildman–Crippen MR) is 135 cm³/mol. The summed E-state index contributed by atoms with van der Waals surface area (Å²) in [6.07, 6.45) is 8.44. The number of unbranched alkanes of at least 4 members (excludes halogenated alkanes) is 1. The molecule has 0 bridgehead atoms. The molecule has 0 aromatic carbocycles. The molecular weight excluding hydrogens is 428 g/mol. The van der Waals surface area contributed by atoms with Crippen molar-refractivity contribution in [2.45, 2.75) is 33.1 Å². The molecule has 9 nitrogen and oxygen atoms in total. The van der Waals surface area contributed by atoms with E-state index in [0.717, 1.165) is 84.8 Å². The van der Waals surface area contributed by atoms with E-state index in [2.05, 4.69) is 62.1 Å². The second-order valence-electron chi connectivity index (χ2n) is 8.93. The van der Waals surface area contributed by atoms with Gasteiger partial charge in [-0.3, -0.25) is 24.9 Å². The Labute approximate surface area is 200 Å². The van der Waals surface area contributed by atoms with Crippen LogP contribution in [0.5, 0.6) is 0 Å². The lowest BCUT2D eigenvalue weighted by molar-refractivity contribution is -0.117. The fraction of sp³-hybridized carbons (Fsp3) is 0.440. The van der Waals surface area contributed by atoms with Crippen LogP contribution in [-0.2, 0) is 11.2 Å². The van der Waals surface area contributed by atoms with Crippen LogP contribution < -0.4 is 5.32 Å². The standard InChI is InChI=1S/C25H34N8O/c1-5-7-8-18-13-22(19-15-27-29-17(19)3)26-14-20(18)24-21(6-2)30-31-25(24)28-23(34)16-33-11-9-32(4)10-12-33/h6,13-15H,2,5,7-12,16H2,1,3-4H3,(H,27,29)(H2,28,30,31,34). The summed E-state index contributed by atoms with van der Waals surface area (Å²) in [4.78, 5) is 22.1. The number of nitrogens with one attached hydrogen (secondary N) is 3. The highest BCUT2D eigenvalue weighted by atomic mass is 16.2. The maximum Gasteiger partial charge on any atom is 0.239 e. The van der Waals surface area contributed by atoms with Gasteiger partial charge < -0.3 is 10.2 Å². The number of nitrogens with zero attached hydrogens (tertiary/aromatic N) is 5. The van der Waals surface area contributed by atoms with Crippen molar-refractivity contribution >= 4 is 17.8 Å². The number of H-pyrrole nitrogens is 2. The number of hydrogen-bond acceptors (Lipinski definition) is 6. The molecule has 4 heterocycles. The molecule has 4 rings (SSSR count). The molecule has 1 amide bonds.